The van der Waals surface area contributed by atoms with Crippen molar-refractivity contribution in [1.29, 1.82) is 0 Å². The number of nitrogens with zero attached hydrogens (tertiary/aromatic N) is 4. The van der Waals surface area contributed by atoms with Crippen LogP contribution < -0.4 is 4.74 Å². The van der Waals surface area contributed by atoms with Gasteiger partial charge in [-0.3, -0.25) is 14.6 Å². The van der Waals surface area contributed by atoms with E-state index in [2.05, 4.69) is 10.1 Å². The first-order valence-electron chi connectivity index (χ1n) is 10.6. The number of ether oxygens (including phenoxy) is 2. The third-order valence-electron chi connectivity index (χ3n) is 5.61. The van der Waals surface area contributed by atoms with Crippen molar-refractivity contribution in [2.75, 3.05) is 26.7 Å². The minimum Gasteiger partial charge on any atom is -0.497 e. The number of aromatic nitrogens is 2. The second-order valence-electron chi connectivity index (χ2n) is 7.91. The summed E-state index contributed by atoms with van der Waals surface area (Å²) < 4.78 is 16.7. The van der Waals surface area contributed by atoms with E-state index >= 15 is 0 Å². The van der Waals surface area contributed by atoms with Crippen molar-refractivity contribution < 1.29 is 23.6 Å². The van der Waals surface area contributed by atoms with Gasteiger partial charge >= 0.3 is 0 Å². The monoisotopic (exact) mass is 470 g/mol. The van der Waals surface area contributed by atoms with E-state index < -0.39 is 0 Å². The maximum absolute atomic E-state index is 13.2. The lowest BCUT2D eigenvalue weighted by molar-refractivity contribution is -0.132. The molecule has 1 fully saturated rings. The Bertz CT molecular complexity index is 1090. The van der Waals surface area contributed by atoms with Crippen LogP contribution in [0.15, 0.2) is 40.5 Å². The van der Waals surface area contributed by atoms with Gasteiger partial charge < -0.3 is 23.8 Å². The molecule has 4 rings (SSSR count). The van der Waals surface area contributed by atoms with Gasteiger partial charge in [0, 0.05) is 25.2 Å². The van der Waals surface area contributed by atoms with E-state index in [4.69, 9.17) is 14.0 Å². The summed E-state index contributed by atoms with van der Waals surface area (Å²) in [5.41, 5.74) is 4.19. The van der Waals surface area contributed by atoms with E-state index in [1.807, 2.05) is 38.1 Å². The van der Waals surface area contributed by atoms with E-state index in [1.54, 1.807) is 22.4 Å². The van der Waals surface area contributed by atoms with Crippen LogP contribution in [0.1, 0.15) is 32.3 Å². The number of carbonyl (C=O) groups excluding carboxylic acids is 2. The van der Waals surface area contributed by atoms with Crippen molar-refractivity contribution in [3.63, 3.8) is 0 Å². The Morgan fingerprint density at radius 1 is 1.30 bits per heavy atom. The number of rotatable bonds is 7. The fraction of sp³-hybridized carbons (Fsp3) is 0.391. The summed E-state index contributed by atoms with van der Waals surface area (Å²) in [5, 5.41) is 3.97. The molecule has 1 saturated heterocycles. The average molecular weight is 471 g/mol. The van der Waals surface area contributed by atoms with Gasteiger partial charge in [-0.05, 0) is 31.5 Å². The van der Waals surface area contributed by atoms with Crippen LogP contribution in [0.25, 0.3) is 0 Å². The fourth-order valence-corrected chi connectivity index (χ4v) is 4.36. The number of hydrogen-bond donors (Lipinski definition) is 0. The van der Waals surface area contributed by atoms with E-state index in [1.165, 1.54) is 17.5 Å². The molecule has 33 heavy (non-hydrogen) atoms. The number of carbonyl (C=O) groups is 2. The van der Waals surface area contributed by atoms with Gasteiger partial charge in [-0.2, -0.15) is 0 Å². The molecule has 3 aromatic rings. The molecule has 174 valence electrons. The molecule has 0 aliphatic carbocycles. The van der Waals surface area contributed by atoms with Crippen molar-refractivity contribution in [1.82, 2.24) is 19.9 Å². The van der Waals surface area contributed by atoms with Crippen molar-refractivity contribution in [2.24, 2.45) is 0 Å². The zero-order valence-corrected chi connectivity index (χ0v) is 19.6. The van der Waals surface area contributed by atoms with Gasteiger partial charge in [-0.1, -0.05) is 17.3 Å². The summed E-state index contributed by atoms with van der Waals surface area (Å²) in [6.45, 7) is 5.00. The Balaban J connectivity index is 1.55. The molecule has 0 radical (unpaired) electrons. The number of benzene rings is 1. The van der Waals surface area contributed by atoms with Crippen LogP contribution in [0.4, 0.5) is 0 Å². The maximum atomic E-state index is 13.2. The summed E-state index contributed by atoms with van der Waals surface area (Å²) in [5.74, 6) is 1.06. The van der Waals surface area contributed by atoms with Crippen LogP contribution in [-0.4, -0.2) is 64.6 Å². The fourth-order valence-electron chi connectivity index (χ4n) is 3.77. The second kappa shape index (κ2) is 10.1. The summed E-state index contributed by atoms with van der Waals surface area (Å²) in [6.07, 6.45) is 1.14. The zero-order chi connectivity index (χ0) is 23.4. The first kappa shape index (κ1) is 22.9. The molecule has 2 amide bonds. The van der Waals surface area contributed by atoms with Gasteiger partial charge in [0.2, 0.25) is 5.91 Å². The van der Waals surface area contributed by atoms with Crippen LogP contribution in [0.5, 0.6) is 5.75 Å². The minimum atomic E-state index is -0.382. The predicted octanol–water partition coefficient (Wildman–Crippen LogP) is 2.83. The Hall–Kier alpha value is -3.24. The first-order chi connectivity index (χ1) is 15.9. The van der Waals surface area contributed by atoms with Gasteiger partial charge in [0.15, 0.2) is 0 Å². The van der Waals surface area contributed by atoms with E-state index in [0.29, 0.717) is 30.3 Å². The van der Waals surface area contributed by atoms with Crippen molar-refractivity contribution >= 4 is 23.2 Å². The number of amides is 2. The van der Waals surface area contributed by atoms with Gasteiger partial charge in [-0.15, -0.1) is 11.3 Å². The highest BCUT2D eigenvalue weighted by Crippen LogP contribution is 2.20. The van der Waals surface area contributed by atoms with Crippen LogP contribution in [0, 0.1) is 13.8 Å². The quantitative estimate of drug-likeness (QED) is 0.524. The molecule has 1 aliphatic rings. The number of aryl methyl sites for hydroxylation is 2. The summed E-state index contributed by atoms with van der Waals surface area (Å²) in [6, 6.07) is 7.60. The van der Waals surface area contributed by atoms with Crippen molar-refractivity contribution in [3.05, 3.63) is 63.4 Å². The number of hydrogen-bond acceptors (Lipinski definition) is 8. The predicted molar refractivity (Wildman–Crippen MR) is 121 cm³/mol. The van der Waals surface area contributed by atoms with E-state index in [0.717, 1.165) is 22.6 Å². The molecule has 1 unspecified atom stereocenters. The standard InChI is InChI=1S/C23H26N4O5S/c1-15-20(16(2)32-25-15)13-31-19-10-26(9-17-5-4-6-18(7-17)30-3)22(28)12-27(11-19)23(29)21-8-24-14-33-21/h4-8,14,19H,9-13H2,1-3H3. The second-order valence-corrected chi connectivity index (χ2v) is 8.80. The number of methoxy groups -OCH3 is 1. The lowest BCUT2D eigenvalue weighted by Crippen LogP contribution is -2.39. The lowest BCUT2D eigenvalue weighted by atomic mass is 10.2. The van der Waals surface area contributed by atoms with E-state index in [9.17, 15) is 9.59 Å². The summed E-state index contributed by atoms with van der Waals surface area (Å²) in [4.78, 5) is 33.9. The Morgan fingerprint density at radius 2 is 2.15 bits per heavy atom. The van der Waals surface area contributed by atoms with Gasteiger partial charge in [0.1, 0.15) is 22.9 Å². The largest absolute Gasteiger partial charge is 0.497 e. The maximum Gasteiger partial charge on any atom is 0.266 e. The zero-order valence-electron chi connectivity index (χ0n) is 18.8. The molecule has 0 spiro atoms. The highest BCUT2D eigenvalue weighted by molar-refractivity contribution is 7.11. The molecule has 9 nitrogen and oxygen atoms in total. The van der Waals surface area contributed by atoms with Crippen molar-refractivity contribution in [3.8, 4) is 5.75 Å². The number of thiazole rings is 1. The molecular formula is C23H26N4O5S. The molecule has 0 bridgehead atoms. The molecule has 1 aromatic carbocycles. The molecular weight excluding hydrogens is 444 g/mol. The lowest BCUT2D eigenvalue weighted by Gasteiger charge is -2.25. The first-order valence-corrected chi connectivity index (χ1v) is 11.4. The summed E-state index contributed by atoms with van der Waals surface area (Å²) in [7, 11) is 1.61. The normalized spacial score (nSPS) is 16.7. The average Bonchev–Trinajstić information content (AvgIpc) is 3.42. The van der Waals surface area contributed by atoms with Gasteiger partial charge in [-0.25, -0.2) is 0 Å². The smallest absolute Gasteiger partial charge is 0.266 e. The SMILES string of the molecule is COc1cccc(CN2CC(OCc3c(C)noc3C)CN(C(=O)c3cncs3)CC2=O)c1. The molecule has 1 aliphatic heterocycles. The van der Waals surface area contributed by atoms with Gasteiger partial charge in [0.25, 0.3) is 5.91 Å². The van der Waals surface area contributed by atoms with Crippen molar-refractivity contribution in [2.45, 2.75) is 33.1 Å². The Labute approximate surface area is 195 Å². The highest BCUT2D eigenvalue weighted by atomic mass is 32.1. The highest BCUT2D eigenvalue weighted by Gasteiger charge is 2.32. The molecule has 1 atom stereocenters. The van der Waals surface area contributed by atoms with Crippen LogP contribution in [0.3, 0.4) is 0 Å². The van der Waals surface area contributed by atoms with Crippen LogP contribution in [0.2, 0.25) is 0 Å². The molecule has 0 N–H and O–H groups in total. The Morgan fingerprint density at radius 3 is 2.85 bits per heavy atom. The Kier molecular flexibility index (Phi) is 7.05. The van der Waals surface area contributed by atoms with Crippen LogP contribution >= 0.6 is 11.3 Å². The topological polar surface area (TPSA) is 98.0 Å². The third-order valence-corrected chi connectivity index (χ3v) is 6.37. The van der Waals surface area contributed by atoms with E-state index in [-0.39, 0.29) is 31.1 Å². The van der Waals surface area contributed by atoms with Gasteiger partial charge in [0.05, 0.1) is 37.2 Å². The molecule has 3 heterocycles. The molecule has 0 saturated carbocycles. The minimum absolute atomic E-state index is 0.0219. The third kappa shape index (κ3) is 5.40. The molecule has 2 aromatic heterocycles. The van der Waals surface area contributed by atoms with Crippen LogP contribution in [-0.2, 0) is 22.7 Å². The molecule has 10 heteroatoms. The summed E-state index contributed by atoms with van der Waals surface area (Å²) >= 11 is 1.25.